The summed E-state index contributed by atoms with van der Waals surface area (Å²) in [5.74, 6) is 1.61. The Morgan fingerprint density at radius 3 is 2.66 bits per heavy atom. The van der Waals surface area contributed by atoms with Crippen molar-refractivity contribution in [2.45, 2.75) is 18.9 Å². The lowest BCUT2D eigenvalue weighted by molar-refractivity contribution is 0.227. The van der Waals surface area contributed by atoms with E-state index in [1.54, 1.807) is 30.6 Å². The van der Waals surface area contributed by atoms with Gasteiger partial charge in [-0.1, -0.05) is 29.3 Å². The summed E-state index contributed by atoms with van der Waals surface area (Å²) in [6.07, 6.45) is 8.49. The number of nitrogens with two attached hydrogens (primary N) is 2. The van der Waals surface area contributed by atoms with Crippen LogP contribution in [0.25, 0.3) is 0 Å². The van der Waals surface area contributed by atoms with Gasteiger partial charge in [0, 0.05) is 25.0 Å². The molecule has 0 aliphatic carbocycles. The van der Waals surface area contributed by atoms with Gasteiger partial charge in [0.15, 0.2) is 0 Å². The van der Waals surface area contributed by atoms with Crippen LogP contribution >= 0.6 is 23.2 Å². The first-order valence-corrected chi connectivity index (χ1v) is 10.1. The lowest BCUT2D eigenvalue weighted by atomic mass is 9.73. The van der Waals surface area contributed by atoms with Crippen molar-refractivity contribution in [2.75, 3.05) is 24.5 Å². The van der Waals surface area contributed by atoms with Gasteiger partial charge in [-0.25, -0.2) is 9.97 Å². The van der Waals surface area contributed by atoms with Crippen molar-refractivity contribution in [1.29, 1.82) is 0 Å². The second-order valence-electron chi connectivity index (χ2n) is 7.29. The first-order chi connectivity index (χ1) is 14.0. The molecule has 1 fully saturated rings. The SMILES string of the molecule is N/C=C\C1=NCC2(CCN(c3cnc(Oc4cccc(Cl)c4Cl)cn3)CC2)C1N. The lowest BCUT2D eigenvalue weighted by Gasteiger charge is -2.41. The fourth-order valence-electron chi connectivity index (χ4n) is 3.87. The summed E-state index contributed by atoms with van der Waals surface area (Å²) in [5.41, 5.74) is 12.8. The molecule has 2 aliphatic heterocycles. The zero-order chi connectivity index (χ0) is 20.4. The first-order valence-electron chi connectivity index (χ1n) is 9.39. The molecule has 4 rings (SSSR count). The zero-order valence-corrected chi connectivity index (χ0v) is 17.3. The summed E-state index contributed by atoms with van der Waals surface area (Å²) in [7, 11) is 0. The maximum Gasteiger partial charge on any atom is 0.238 e. The number of aromatic nitrogens is 2. The van der Waals surface area contributed by atoms with Crippen LogP contribution in [0.1, 0.15) is 12.8 Å². The monoisotopic (exact) mass is 432 g/mol. The van der Waals surface area contributed by atoms with E-state index in [0.29, 0.717) is 21.7 Å². The summed E-state index contributed by atoms with van der Waals surface area (Å²) in [6, 6.07) is 5.12. The Balaban J connectivity index is 1.39. The van der Waals surface area contributed by atoms with Crippen molar-refractivity contribution in [3.05, 3.63) is 52.9 Å². The molecule has 0 radical (unpaired) electrons. The standard InChI is InChI=1S/C20H22Cl2N6O/c21-13-2-1-3-15(18(13)22)29-17-11-25-16(10-26-17)28-8-5-20(6-9-28)12-27-14(4-7-23)19(20)24/h1-4,7,10-11,19H,5-6,8-9,12,23-24H2/b7-4-. The van der Waals surface area contributed by atoms with Gasteiger partial charge in [0.1, 0.15) is 16.6 Å². The molecule has 1 aromatic carbocycles. The van der Waals surface area contributed by atoms with Crippen LogP contribution in [0.3, 0.4) is 0 Å². The number of nitrogens with zero attached hydrogens (tertiary/aromatic N) is 4. The van der Waals surface area contributed by atoms with E-state index in [-0.39, 0.29) is 11.5 Å². The van der Waals surface area contributed by atoms with E-state index in [9.17, 15) is 0 Å². The van der Waals surface area contributed by atoms with Crippen LogP contribution in [0.2, 0.25) is 10.0 Å². The highest BCUT2D eigenvalue weighted by atomic mass is 35.5. The van der Waals surface area contributed by atoms with E-state index in [1.165, 1.54) is 6.20 Å². The Bertz CT molecular complexity index is 938. The summed E-state index contributed by atoms with van der Waals surface area (Å²) in [4.78, 5) is 15.7. The summed E-state index contributed by atoms with van der Waals surface area (Å²) in [6.45, 7) is 2.44. The van der Waals surface area contributed by atoms with Crippen LogP contribution in [0, 0.1) is 5.41 Å². The summed E-state index contributed by atoms with van der Waals surface area (Å²) >= 11 is 12.2. The van der Waals surface area contributed by atoms with E-state index in [1.807, 2.05) is 6.08 Å². The quantitative estimate of drug-likeness (QED) is 0.766. The number of halogens is 2. The summed E-state index contributed by atoms with van der Waals surface area (Å²) < 4.78 is 5.70. The molecule has 1 saturated heterocycles. The molecule has 1 unspecified atom stereocenters. The lowest BCUT2D eigenvalue weighted by Crippen LogP contribution is -2.51. The Hall–Kier alpha value is -2.35. The summed E-state index contributed by atoms with van der Waals surface area (Å²) in [5, 5.41) is 0.774. The molecule has 1 atom stereocenters. The average Bonchev–Trinajstić information content (AvgIpc) is 3.03. The number of aliphatic imine (C=N–C) groups is 1. The molecule has 0 amide bonds. The van der Waals surface area contributed by atoms with Gasteiger partial charge in [-0.15, -0.1) is 0 Å². The smallest absolute Gasteiger partial charge is 0.238 e. The third-order valence-electron chi connectivity index (χ3n) is 5.65. The highest BCUT2D eigenvalue weighted by molar-refractivity contribution is 6.42. The van der Waals surface area contributed by atoms with Gasteiger partial charge in [-0.3, -0.25) is 4.99 Å². The van der Waals surface area contributed by atoms with Crippen molar-refractivity contribution in [3.8, 4) is 11.6 Å². The molecule has 7 nitrogen and oxygen atoms in total. The van der Waals surface area contributed by atoms with Gasteiger partial charge in [0.2, 0.25) is 5.88 Å². The fraction of sp³-hybridized carbons (Fsp3) is 0.350. The van der Waals surface area contributed by atoms with Crippen molar-refractivity contribution in [2.24, 2.45) is 21.9 Å². The number of hydrogen-bond donors (Lipinski definition) is 2. The number of piperidine rings is 1. The minimum Gasteiger partial charge on any atom is -0.436 e. The van der Waals surface area contributed by atoms with Gasteiger partial charge in [0.05, 0.1) is 29.2 Å². The Kier molecular flexibility index (Phi) is 5.63. The molecule has 4 N–H and O–H groups in total. The number of hydrogen-bond acceptors (Lipinski definition) is 7. The minimum atomic E-state index is -0.0752. The predicted octanol–water partition coefficient (Wildman–Crippen LogP) is 3.42. The Morgan fingerprint density at radius 1 is 1.17 bits per heavy atom. The van der Waals surface area contributed by atoms with Crippen LogP contribution in [-0.2, 0) is 0 Å². The molecule has 2 aliphatic rings. The van der Waals surface area contributed by atoms with E-state index >= 15 is 0 Å². The largest absolute Gasteiger partial charge is 0.436 e. The van der Waals surface area contributed by atoms with Crippen molar-refractivity contribution < 1.29 is 4.74 Å². The normalized spacial score (nSPS) is 21.0. The highest BCUT2D eigenvalue weighted by Gasteiger charge is 2.45. The molecule has 29 heavy (non-hydrogen) atoms. The molecular formula is C20H22Cl2N6O. The topological polar surface area (TPSA) is 103 Å². The maximum absolute atomic E-state index is 6.45. The van der Waals surface area contributed by atoms with Crippen LogP contribution < -0.4 is 21.1 Å². The van der Waals surface area contributed by atoms with Crippen molar-refractivity contribution in [1.82, 2.24) is 9.97 Å². The van der Waals surface area contributed by atoms with Crippen molar-refractivity contribution >= 4 is 34.7 Å². The number of rotatable bonds is 4. The van der Waals surface area contributed by atoms with Crippen LogP contribution in [0.4, 0.5) is 5.82 Å². The van der Waals surface area contributed by atoms with E-state index in [4.69, 9.17) is 39.4 Å². The second kappa shape index (κ2) is 8.18. The molecule has 2 aromatic rings. The third-order valence-corrected chi connectivity index (χ3v) is 6.45. The van der Waals surface area contributed by atoms with Gasteiger partial charge in [0.25, 0.3) is 0 Å². The van der Waals surface area contributed by atoms with Crippen molar-refractivity contribution in [3.63, 3.8) is 0 Å². The second-order valence-corrected chi connectivity index (χ2v) is 8.08. The minimum absolute atomic E-state index is 0.00511. The van der Waals surface area contributed by atoms with E-state index < -0.39 is 0 Å². The Morgan fingerprint density at radius 2 is 1.97 bits per heavy atom. The molecule has 1 spiro atoms. The predicted molar refractivity (Wildman–Crippen MR) is 116 cm³/mol. The first kappa shape index (κ1) is 19.9. The molecular weight excluding hydrogens is 411 g/mol. The van der Waals surface area contributed by atoms with Gasteiger partial charge < -0.3 is 21.1 Å². The zero-order valence-electron chi connectivity index (χ0n) is 15.8. The van der Waals surface area contributed by atoms with Crippen LogP contribution in [0.5, 0.6) is 11.6 Å². The third kappa shape index (κ3) is 3.90. The van der Waals surface area contributed by atoms with E-state index in [2.05, 4.69) is 19.9 Å². The number of anilines is 1. The molecule has 3 heterocycles. The molecule has 1 aromatic heterocycles. The van der Waals surface area contributed by atoms with Gasteiger partial charge in [-0.05, 0) is 37.3 Å². The number of benzene rings is 1. The molecule has 9 heteroatoms. The van der Waals surface area contributed by atoms with Crippen LogP contribution in [0.15, 0.2) is 47.9 Å². The fourth-order valence-corrected chi connectivity index (χ4v) is 4.20. The molecule has 0 saturated carbocycles. The number of ether oxygens (including phenoxy) is 1. The maximum atomic E-state index is 6.45. The molecule has 0 bridgehead atoms. The van der Waals surface area contributed by atoms with Gasteiger partial charge in [-0.2, -0.15) is 0 Å². The highest BCUT2D eigenvalue weighted by Crippen LogP contribution is 2.40. The Labute approximate surface area is 179 Å². The molecule has 152 valence electrons. The van der Waals surface area contributed by atoms with Gasteiger partial charge >= 0.3 is 0 Å². The average molecular weight is 433 g/mol. The van der Waals surface area contributed by atoms with E-state index in [0.717, 1.165) is 44.0 Å². The van der Waals surface area contributed by atoms with Crippen LogP contribution in [-0.4, -0.2) is 41.4 Å².